The van der Waals surface area contributed by atoms with Crippen molar-refractivity contribution in [3.8, 4) is 0 Å². The minimum Gasteiger partial charge on any atom is -0.377 e. The van der Waals surface area contributed by atoms with E-state index in [4.69, 9.17) is 4.74 Å². The van der Waals surface area contributed by atoms with Crippen molar-refractivity contribution < 1.29 is 9.53 Å². The number of aromatic nitrogens is 1. The maximum absolute atomic E-state index is 12.3. The molecule has 1 aromatic heterocycles. The highest BCUT2D eigenvalue weighted by Crippen LogP contribution is 2.18. The van der Waals surface area contributed by atoms with E-state index >= 15 is 0 Å². The van der Waals surface area contributed by atoms with E-state index in [2.05, 4.69) is 38.5 Å². The van der Waals surface area contributed by atoms with Gasteiger partial charge in [0.05, 0.1) is 11.2 Å². The van der Waals surface area contributed by atoms with Crippen molar-refractivity contribution in [2.75, 3.05) is 25.5 Å². The van der Waals surface area contributed by atoms with Gasteiger partial charge in [0.15, 0.2) is 0 Å². The van der Waals surface area contributed by atoms with Crippen LogP contribution in [0, 0.1) is 0 Å². The third-order valence-electron chi connectivity index (χ3n) is 2.87. The van der Waals surface area contributed by atoms with Crippen molar-refractivity contribution in [1.29, 1.82) is 0 Å². The standard InChI is InChI=1S/C14H22BrN3O2/c1-5-6-16-12-11(7-10(15)8-17-12)13(19)18-9-14(2,3)20-4/h7-8H,5-6,9H2,1-4H3,(H,16,17)(H,18,19). The predicted molar refractivity (Wildman–Crippen MR) is 84.1 cm³/mol. The predicted octanol–water partition coefficient (Wildman–Crippen LogP) is 2.82. The van der Waals surface area contributed by atoms with Crippen LogP contribution in [0.15, 0.2) is 16.7 Å². The molecule has 1 amide bonds. The van der Waals surface area contributed by atoms with Gasteiger partial charge in [0, 0.05) is 30.9 Å². The molecule has 6 heteroatoms. The molecule has 1 aromatic rings. The molecule has 0 aromatic carbocycles. The molecule has 0 saturated heterocycles. The highest BCUT2D eigenvalue weighted by Gasteiger charge is 2.19. The lowest BCUT2D eigenvalue weighted by molar-refractivity contribution is 0.0229. The highest BCUT2D eigenvalue weighted by molar-refractivity contribution is 9.10. The fourth-order valence-electron chi connectivity index (χ4n) is 1.46. The summed E-state index contributed by atoms with van der Waals surface area (Å²) in [4.78, 5) is 16.5. The van der Waals surface area contributed by atoms with Crippen LogP contribution < -0.4 is 10.6 Å². The van der Waals surface area contributed by atoms with Crippen LogP contribution in [-0.4, -0.2) is 36.7 Å². The number of anilines is 1. The number of carbonyl (C=O) groups is 1. The van der Waals surface area contributed by atoms with E-state index < -0.39 is 5.60 Å². The van der Waals surface area contributed by atoms with Crippen molar-refractivity contribution in [3.63, 3.8) is 0 Å². The molecule has 0 unspecified atom stereocenters. The maximum Gasteiger partial charge on any atom is 0.255 e. The first-order valence-electron chi connectivity index (χ1n) is 6.62. The second kappa shape index (κ2) is 7.59. The molecular weight excluding hydrogens is 322 g/mol. The summed E-state index contributed by atoms with van der Waals surface area (Å²) in [6.45, 7) is 7.11. The largest absolute Gasteiger partial charge is 0.377 e. The molecule has 112 valence electrons. The zero-order valence-corrected chi connectivity index (χ0v) is 14.0. The molecule has 5 nitrogen and oxygen atoms in total. The summed E-state index contributed by atoms with van der Waals surface area (Å²) in [5.74, 6) is 0.435. The number of ether oxygens (including phenoxy) is 1. The topological polar surface area (TPSA) is 63.2 Å². The van der Waals surface area contributed by atoms with E-state index in [0.717, 1.165) is 17.4 Å². The molecule has 0 radical (unpaired) electrons. The van der Waals surface area contributed by atoms with Gasteiger partial charge in [-0.05, 0) is 42.3 Å². The van der Waals surface area contributed by atoms with E-state index in [-0.39, 0.29) is 5.91 Å². The summed E-state index contributed by atoms with van der Waals surface area (Å²) in [5, 5.41) is 6.03. The second-order valence-corrected chi connectivity index (χ2v) is 6.04. The van der Waals surface area contributed by atoms with E-state index in [1.807, 2.05) is 13.8 Å². The third-order valence-corrected chi connectivity index (χ3v) is 3.30. The summed E-state index contributed by atoms with van der Waals surface area (Å²) in [7, 11) is 1.63. The van der Waals surface area contributed by atoms with Crippen LogP contribution in [0.2, 0.25) is 0 Å². The van der Waals surface area contributed by atoms with Gasteiger partial charge in [-0.3, -0.25) is 4.79 Å². The number of nitrogens with one attached hydrogen (secondary N) is 2. The van der Waals surface area contributed by atoms with Crippen molar-refractivity contribution in [2.24, 2.45) is 0 Å². The molecule has 20 heavy (non-hydrogen) atoms. The number of hydrogen-bond donors (Lipinski definition) is 2. The van der Waals surface area contributed by atoms with Crippen LogP contribution >= 0.6 is 15.9 Å². The van der Waals surface area contributed by atoms with Crippen LogP contribution in [0.4, 0.5) is 5.82 Å². The van der Waals surface area contributed by atoms with Crippen molar-refractivity contribution >= 4 is 27.7 Å². The van der Waals surface area contributed by atoms with Gasteiger partial charge in [0.25, 0.3) is 5.91 Å². The molecule has 0 fully saturated rings. The first-order valence-corrected chi connectivity index (χ1v) is 7.41. The number of hydrogen-bond acceptors (Lipinski definition) is 4. The lowest BCUT2D eigenvalue weighted by Gasteiger charge is -2.23. The van der Waals surface area contributed by atoms with E-state index in [1.165, 1.54) is 0 Å². The highest BCUT2D eigenvalue weighted by atomic mass is 79.9. The van der Waals surface area contributed by atoms with Gasteiger partial charge < -0.3 is 15.4 Å². The van der Waals surface area contributed by atoms with Crippen LogP contribution in [-0.2, 0) is 4.74 Å². The number of pyridine rings is 1. The lowest BCUT2D eigenvalue weighted by Crippen LogP contribution is -2.40. The van der Waals surface area contributed by atoms with E-state index in [9.17, 15) is 4.79 Å². The number of methoxy groups -OCH3 is 1. The SMILES string of the molecule is CCCNc1ncc(Br)cc1C(=O)NCC(C)(C)OC. The Morgan fingerprint density at radius 2 is 2.20 bits per heavy atom. The minimum atomic E-state index is -0.397. The third kappa shape index (κ3) is 5.09. The summed E-state index contributed by atoms with van der Waals surface area (Å²) < 4.78 is 6.06. The van der Waals surface area contributed by atoms with Gasteiger partial charge in [-0.2, -0.15) is 0 Å². The lowest BCUT2D eigenvalue weighted by atomic mass is 10.1. The van der Waals surface area contributed by atoms with Crippen molar-refractivity contribution in [2.45, 2.75) is 32.8 Å². The Morgan fingerprint density at radius 1 is 1.50 bits per heavy atom. The maximum atomic E-state index is 12.3. The second-order valence-electron chi connectivity index (χ2n) is 5.12. The number of rotatable bonds is 7. The van der Waals surface area contributed by atoms with Gasteiger partial charge >= 0.3 is 0 Å². The molecule has 0 spiro atoms. The Kier molecular flexibility index (Phi) is 6.42. The number of nitrogens with zero attached hydrogens (tertiary/aromatic N) is 1. The Labute approximate surface area is 128 Å². The molecule has 1 rings (SSSR count). The molecule has 0 aliphatic rings. The summed E-state index contributed by atoms with van der Waals surface area (Å²) in [6.07, 6.45) is 2.64. The van der Waals surface area contributed by atoms with Gasteiger partial charge in [0.1, 0.15) is 5.82 Å². The zero-order chi connectivity index (χ0) is 15.2. The Balaban J connectivity index is 2.82. The van der Waals surface area contributed by atoms with Crippen molar-refractivity contribution in [1.82, 2.24) is 10.3 Å². The fourth-order valence-corrected chi connectivity index (χ4v) is 1.79. The molecule has 2 N–H and O–H groups in total. The number of carbonyl (C=O) groups excluding carboxylic acids is 1. The molecule has 0 bridgehead atoms. The molecule has 0 atom stereocenters. The average molecular weight is 344 g/mol. The van der Waals surface area contributed by atoms with E-state index in [1.54, 1.807) is 19.4 Å². The summed E-state index contributed by atoms with van der Waals surface area (Å²) in [6, 6.07) is 1.76. The van der Waals surface area contributed by atoms with Crippen LogP contribution in [0.1, 0.15) is 37.6 Å². The molecule has 1 heterocycles. The van der Waals surface area contributed by atoms with Crippen LogP contribution in [0.3, 0.4) is 0 Å². The number of amides is 1. The first kappa shape index (κ1) is 16.9. The Bertz CT molecular complexity index is 464. The monoisotopic (exact) mass is 343 g/mol. The van der Waals surface area contributed by atoms with E-state index in [0.29, 0.717) is 17.9 Å². The molecule has 0 aliphatic heterocycles. The smallest absolute Gasteiger partial charge is 0.255 e. The summed E-state index contributed by atoms with van der Waals surface area (Å²) >= 11 is 3.34. The quantitative estimate of drug-likeness (QED) is 0.798. The fraction of sp³-hybridized carbons (Fsp3) is 0.571. The van der Waals surface area contributed by atoms with Gasteiger partial charge in [0.2, 0.25) is 0 Å². The van der Waals surface area contributed by atoms with Crippen LogP contribution in [0.5, 0.6) is 0 Å². The Hall–Kier alpha value is -1.14. The van der Waals surface area contributed by atoms with Gasteiger partial charge in [-0.1, -0.05) is 6.92 Å². The van der Waals surface area contributed by atoms with Gasteiger partial charge in [-0.25, -0.2) is 4.98 Å². The normalized spacial score (nSPS) is 11.2. The molecule has 0 aliphatic carbocycles. The van der Waals surface area contributed by atoms with Crippen molar-refractivity contribution in [3.05, 3.63) is 22.3 Å². The Morgan fingerprint density at radius 3 is 2.80 bits per heavy atom. The summed E-state index contributed by atoms with van der Waals surface area (Å²) in [5.41, 5.74) is 0.131. The molecule has 0 saturated carbocycles. The number of halogens is 1. The molecular formula is C14H22BrN3O2. The van der Waals surface area contributed by atoms with Gasteiger partial charge in [-0.15, -0.1) is 0 Å². The minimum absolute atomic E-state index is 0.164. The first-order chi connectivity index (χ1) is 9.39. The van der Waals surface area contributed by atoms with Crippen LogP contribution in [0.25, 0.3) is 0 Å². The average Bonchev–Trinajstić information content (AvgIpc) is 2.43. The zero-order valence-electron chi connectivity index (χ0n) is 12.4.